The maximum absolute atomic E-state index is 12.1. The van der Waals surface area contributed by atoms with Crippen LogP contribution in [0.5, 0.6) is 5.75 Å². The van der Waals surface area contributed by atoms with E-state index >= 15 is 0 Å². The zero-order valence-corrected chi connectivity index (χ0v) is 15.3. The molecule has 2 rings (SSSR count). The molecule has 2 aromatic carbocycles. The summed E-state index contributed by atoms with van der Waals surface area (Å²) in [5, 5.41) is 6.13. The number of hydrogen-bond donors (Lipinski definition) is 2. The van der Waals surface area contributed by atoms with Crippen molar-refractivity contribution >= 4 is 11.6 Å². The van der Waals surface area contributed by atoms with Crippen LogP contribution in [0.1, 0.15) is 38.8 Å². The number of carbonyl (C=O) groups is 1. The number of carbonyl (C=O) groups excluding carboxylic acids is 1. The minimum Gasteiger partial charge on any atom is -0.494 e. The second kappa shape index (κ2) is 9.84. The molecular weight excluding hydrogens is 312 g/mol. The third kappa shape index (κ3) is 6.98. The van der Waals surface area contributed by atoms with Crippen LogP contribution in [0.3, 0.4) is 0 Å². The van der Waals surface area contributed by atoms with Gasteiger partial charge in [-0.05, 0) is 49.1 Å². The fourth-order valence-corrected chi connectivity index (χ4v) is 2.36. The lowest BCUT2D eigenvalue weighted by atomic mass is 10.1. The molecule has 0 aliphatic heterocycles. The summed E-state index contributed by atoms with van der Waals surface area (Å²) in [7, 11) is 0. The average molecular weight is 340 g/mol. The molecule has 134 valence electrons. The van der Waals surface area contributed by atoms with Crippen molar-refractivity contribution in [1.29, 1.82) is 0 Å². The third-order valence-corrected chi connectivity index (χ3v) is 3.97. The van der Waals surface area contributed by atoms with Gasteiger partial charge in [0.2, 0.25) is 5.91 Å². The highest BCUT2D eigenvalue weighted by Crippen LogP contribution is 2.16. The number of hydrogen-bond acceptors (Lipinski definition) is 3. The van der Waals surface area contributed by atoms with Crippen molar-refractivity contribution in [2.75, 3.05) is 18.5 Å². The molecule has 1 unspecified atom stereocenters. The first-order valence-corrected chi connectivity index (χ1v) is 8.85. The fraction of sp³-hybridized carbons (Fsp3) is 0.381. The molecule has 2 aromatic rings. The normalized spacial score (nSPS) is 12.0. The number of anilines is 1. The van der Waals surface area contributed by atoms with Crippen LogP contribution in [0.15, 0.2) is 54.6 Å². The molecule has 2 N–H and O–H groups in total. The molecular formula is C21H28N2O2. The highest BCUT2D eigenvalue weighted by atomic mass is 16.5. The Bertz CT molecular complexity index is 639. The van der Waals surface area contributed by atoms with Gasteiger partial charge in [-0.1, -0.05) is 44.2 Å². The highest BCUT2D eigenvalue weighted by molar-refractivity contribution is 5.92. The minimum absolute atomic E-state index is 0.0590. The summed E-state index contributed by atoms with van der Waals surface area (Å²) in [5.74, 6) is 1.40. The smallest absolute Gasteiger partial charge is 0.238 e. The lowest BCUT2D eigenvalue weighted by Crippen LogP contribution is -2.30. The number of amides is 1. The van der Waals surface area contributed by atoms with Crippen molar-refractivity contribution in [2.45, 2.75) is 33.2 Å². The summed E-state index contributed by atoms with van der Waals surface area (Å²) in [5.41, 5.74) is 1.94. The van der Waals surface area contributed by atoms with E-state index in [4.69, 9.17) is 4.74 Å². The summed E-state index contributed by atoms with van der Waals surface area (Å²) in [4.78, 5) is 12.1. The van der Waals surface area contributed by atoms with Gasteiger partial charge >= 0.3 is 0 Å². The summed E-state index contributed by atoms with van der Waals surface area (Å²) >= 11 is 0. The summed E-state index contributed by atoms with van der Waals surface area (Å²) in [6.45, 7) is 7.38. The van der Waals surface area contributed by atoms with Gasteiger partial charge in [0, 0.05) is 11.7 Å². The van der Waals surface area contributed by atoms with Crippen molar-refractivity contribution < 1.29 is 9.53 Å². The van der Waals surface area contributed by atoms with Crippen molar-refractivity contribution in [1.82, 2.24) is 5.32 Å². The minimum atomic E-state index is -0.0590. The molecule has 0 aliphatic carbocycles. The number of ether oxygens (including phenoxy) is 1. The van der Waals surface area contributed by atoms with E-state index in [1.54, 1.807) is 0 Å². The molecule has 4 heteroatoms. The Labute approximate surface area is 150 Å². The van der Waals surface area contributed by atoms with Crippen LogP contribution in [0, 0.1) is 5.92 Å². The first kappa shape index (κ1) is 19.0. The second-order valence-electron chi connectivity index (χ2n) is 6.62. The van der Waals surface area contributed by atoms with Gasteiger partial charge in [0.05, 0.1) is 13.2 Å². The van der Waals surface area contributed by atoms with Crippen LogP contribution in [0.25, 0.3) is 0 Å². The van der Waals surface area contributed by atoms with Gasteiger partial charge < -0.3 is 15.4 Å². The van der Waals surface area contributed by atoms with Gasteiger partial charge in [-0.25, -0.2) is 0 Å². The van der Waals surface area contributed by atoms with Crippen molar-refractivity contribution in [3.8, 4) is 5.75 Å². The first-order valence-electron chi connectivity index (χ1n) is 8.85. The topological polar surface area (TPSA) is 50.4 Å². The van der Waals surface area contributed by atoms with Crippen molar-refractivity contribution in [3.63, 3.8) is 0 Å². The van der Waals surface area contributed by atoms with Gasteiger partial charge in [-0.3, -0.25) is 4.79 Å². The zero-order chi connectivity index (χ0) is 18.1. The Morgan fingerprint density at radius 3 is 2.32 bits per heavy atom. The van der Waals surface area contributed by atoms with Gasteiger partial charge in [0.15, 0.2) is 0 Å². The van der Waals surface area contributed by atoms with Crippen LogP contribution in [-0.2, 0) is 4.79 Å². The van der Waals surface area contributed by atoms with Crippen LogP contribution < -0.4 is 15.4 Å². The Kier molecular flexibility index (Phi) is 7.48. The zero-order valence-electron chi connectivity index (χ0n) is 15.3. The Hall–Kier alpha value is -2.33. The second-order valence-corrected chi connectivity index (χ2v) is 6.62. The van der Waals surface area contributed by atoms with E-state index in [9.17, 15) is 4.79 Å². The number of rotatable bonds is 9. The monoisotopic (exact) mass is 340 g/mol. The third-order valence-electron chi connectivity index (χ3n) is 3.97. The van der Waals surface area contributed by atoms with Crippen LogP contribution in [0.2, 0.25) is 0 Å². The maximum atomic E-state index is 12.1. The Morgan fingerprint density at radius 1 is 1.00 bits per heavy atom. The fourth-order valence-electron chi connectivity index (χ4n) is 2.36. The van der Waals surface area contributed by atoms with Gasteiger partial charge in [0.1, 0.15) is 5.75 Å². The van der Waals surface area contributed by atoms with Crippen molar-refractivity contribution in [2.24, 2.45) is 5.92 Å². The lowest BCUT2D eigenvalue weighted by Gasteiger charge is -2.14. The van der Waals surface area contributed by atoms with E-state index < -0.39 is 0 Å². The van der Waals surface area contributed by atoms with Crippen molar-refractivity contribution in [3.05, 3.63) is 60.2 Å². The van der Waals surface area contributed by atoms with E-state index in [0.717, 1.165) is 23.4 Å². The lowest BCUT2D eigenvalue weighted by molar-refractivity contribution is -0.115. The molecule has 0 spiro atoms. The van der Waals surface area contributed by atoms with E-state index in [0.29, 0.717) is 12.5 Å². The number of nitrogens with one attached hydrogen (secondary N) is 2. The number of benzene rings is 2. The molecule has 0 fully saturated rings. The Morgan fingerprint density at radius 2 is 1.68 bits per heavy atom. The van der Waals surface area contributed by atoms with E-state index in [-0.39, 0.29) is 18.5 Å². The molecule has 0 heterocycles. The first-order chi connectivity index (χ1) is 12.0. The molecule has 4 nitrogen and oxygen atoms in total. The van der Waals surface area contributed by atoms with Gasteiger partial charge in [0.25, 0.3) is 0 Å². The molecule has 1 atom stereocenters. The van der Waals surface area contributed by atoms with E-state index in [2.05, 4.69) is 24.5 Å². The molecule has 0 radical (unpaired) electrons. The average Bonchev–Trinajstić information content (AvgIpc) is 2.61. The predicted molar refractivity (Wildman–Crippen MR) is 103 cm³/mol. The van der Waals surface area contributed by atoms with Gasteiger partial charge in [-0.2, -0.15) is 0 Å². The summed E-state index contributed by atoms with van der Waals surface area (Å²) in [6.07, 6.45) is 1.03. The SMILES string of the molecule is CC(C)CCOc1ccc(NC(=O)CNC(C)c2ccccc2)cc1. The molecule has 0 aromatic heterocycles. The summed E-state index contributed by atoms with van der Waals surface area (Å²) < 4.78 is 5.68. The quantitative estimate of drug-likeness (QED) is 0.711. The molecule has 25 heavy (non-hydrogen) atoms. The van der Waals surface area contributed by atoms with E-state index in [1.165, 1.54) is 0 Å². The molecule has 0 bridgehead atoms. The van der Waals surface area contributed by atoms with Crippen LogP contribution in [-0.4, -0.2) is 19.1 Å². The largest absolute Gasteiger partial charge is 0.494 e. The molecule has 0 saturated heterocycles. The molecule has 1 amide bonds. The predicted octanol–water partition coefficient (Wildman–Crippen LogP) is 4.40. The van der Waals surface area contributed by atoms with Crippen LogP contribution >= 0.6 is 0 Å². The van der Waals surface area contributed by atoms with Gasteiger partial charge in [-0.15, -0.1) is 0 Å². The van der Waals surface area contributed by atoms with Crippen LogP contribution in [0.4, 0.5) is 5.69 Å². The Balaban J connectivity index is 1.74. The molecule has 0 aliphatic rings. The van der Waals surface area contributed by atoms with E-state index in [1.807, 2.05) is 61.5 Å². The maximum Gasteiger partial charge on any atom is 0.238 e. The highest BCUT2D eigenvalue weighted by Gasteiger charge is 2.07. The molecule has 0 saturated carbocycles. The summed E-state index contributed by atoms with van der Waals surface area (Å²) in [6, 6.07) is 17.7. The standard InChI is InChI=1S/C21H28N2O2/c1-16(2)13-14-25-20-11-9-19(10-12-20)23-21(24)15-22-17(3)18-7-5-4-6-8-18/h4-12,16-17,22H,13-15H2,1-3H3,(H,23,24).